The average Bonchev–Trinajstić information content (AvgIpc) is 0.967. The zero-order valence-electron chi connectivity index (χ0n) is 67.0. The van der Waals surface area contributed by atoms with Gasteiger partial charge in [-0.1, -0.05) is 188 Å². The standard InChI is InChI=1S/C30H21N3.C25H20F2N6.C12H8F2N.C12H10O.C10H9NO.C9H5F3N3.Al.Ir.Pt/c1-4-10-28-22(7-1)13-16-31(28)25-19-26(32-17-14-23-8-2-5-11-29(23)32)21-27(20-25)33-18-15-24-9-3-6-12-30(24)33;1-15(2)24-29-14-33(32-24)21-11-7-10-20(31-21)25(3,4)19-9-6-8-18(30-19)16-12-13-17(26)23(28-5)22(16)27;1-8-4-5-15-12(6-8)10-3-2-9(13)7-11(10)14;13-12-8-6-11(7-9-12)10-4-2-1-3-5-10;1-7-5-6-8-3-2-4-9(12)10(8)11-7;10-9(11,12)8-5-7(14-15-8)6-3-1-2-4-13-6;;;/h1-21H;6-11,13,15H,1-4H3;2,4-7H,1H3;1-9,13H;2-6,12H,1H3;1-5H;;;/q;-2;-1;;;-1;+2;;+2/p-2. The number of hydrogen-bond donors (Lipinski definition) is 0. The van der Waals surface area contributed by atoms with Crippen molar-refractivity contribution in [2.24, 2.45) is 0 Å². The molecule has 0 amide bonds. The first-order valence-corrected chi connectivity index (χ1v) is 39.4. The van der Waals surface area contributed by atoms with Crippen LogP contribution in [0.2, 0.25) is 0 Å². The Morgan fingerprint density at radius 2 is 1.07 bits per heavy atom. The van der Waals surface area contributed by atoms with Crippen molar-refractivity contribution in [3.63, 3.8) is 0 Å². The number of nitrogens with zero attached hydrogens (tertiary/aromatic N) is 14. The maximum atomic E-state index is 14.7. The molecule has 0 saturated carbocycles. The van der Waals surface area contributed by atoms with Crippen LogP contribution in [0.3, 0.4) is 0 Å². The van der Waals surface area contributed by atoms with Gasteiger partial charge >= 0.3 is 43.1 Å². The molecule has 10 heterocycles. The molecule has 0 N–H and O–H groups in total. The summed E-state index contributed by atoms with van der Waals surface area (Å²) in [5.41, 5.74) is 12.6. The number of rotatable bonds is 15. The van der Waals surface area contributed by atoms with Gasteiger partial charge in [-0.25, -0.2) is 10.1 Å². The van der Waals surface area contributed by atoms with Crippen molar-refractivity contribution in [3.05, 3.63) is 403 Å². The van der Waals surface area contributed by atoms with E-state index in [4.69, 9.17) is 19.1 Å². The minimum absolute atomic E-state index is 0. The fourth-order valence-corrected chi connectivity index (χ4v) is 14.0. The summed E-state index contributed by atoms with van der Waals surface area (Å²) in [6.07, 6.45) is 7.95. The smallest absolute Gasteiger partial charge is 0.616 e. The summed E-state index contributed by atoms with van der Waals surface area (Å²) in [6.45, 7) is 18.8. The van der Waals surface area contributed by atoms with E-state index in [2.05, 4.69) is 235 Å². The molecule has 0 fully saturated rings. The summed E-state index contributed by atoms with van der Waals surface area (Å²) in [4.78, 5) is 29.0. The number of benzene rings is 9. The maximum Gasteiger partial charge on any atom is 2.00 e. The summed E-state index contributed by atoms with van der Waals surface area (Å²) < 4.78 is 111. The summed E-state index contributed by atoms with van der Waals surface area (Å²) in [5, 5.41) is 15.7. The minimum atomic E-state index is -4.46. The monoisotopic (exact) mass is 2020 g/mol. The van der Waals surface area contributed by atoms with E-state index in [9.17, 15) is 30.7 Å². The molecule has 9 aromatic carbocycles. The zero-order chi connectivity index (χ0) is 85.0. The van der Waals surface area contributed by atoms with Crippen LogP contribution < -0.4 is 12.7 Å². The van der Waals surface area contributed by atoms with Gasteiger partial charge in [-0.15, -0.1) is 29.8 Å². The number of aryl methyl sites for hydroxylation is 2. The van der Waals surface area contributed by atoms with Gasteiger partial charge in [-0.05, 0) is 188 Å². The Hall–Kier alpha value is -13.6. The van der Waals surface area contributed by atoms with Gasteiger partial charge in [0.2, 0.25) is 0 Å². The predicted octanol–water partition coefficient (Wildman–Crippen LogP) is 23.6. The quantitative estimate of drug-likeness (QED) is 0.0546. The third-order valence-corrected chi connectivity index (χ3v) is 20.5. The summed E-state index contributed by atoms with van der Waals surface area (Å²) in [7, 11) is 0. The fraction of sp³-hybridized carbons (Fsp3) is 0.0918. The average molecular weight is 2020 g/mol. The molecule has 0 aliphatic heterocycles. The van der Waals surface area contributed by atoms with E-state index in [0.29, 0.717) is 34.4 Å². The van der Waals surface area contributed by atoms with Crippen molar-refractivity contribution >= 4 is 65.2 Å². The van der Waals surface area contributed by atoms with Crippen LogP contribution >= 0.6 is 0 Å². The van der Waals surface area contributed by atoms with Gasteiger partial charge in [0.15, 0.2) is 5.69 Å². The number of halogens is 7. The van der Waals surface area contributed by atoms with Crippen LogP contribution in [0.15, 0.2) is 316 Å². The molecule has 19 rings (SSSR count). The van der Waals surface area contributed by atoms with Crippen LogP contribution in [0.1, 0.15) is 67.8 Å². The second kappa shape index (κ2) is 39.5. The van der Waals surface area contributed by atoms with Gasteiger partial charge in [0, 0.05) is 131 Å². The molecular weight excluding hydrogens is 1950 g/mol. The largest absolute Gasteiger partial charge is 2.00 e. The van der Waals surface area contributed by atoms with Gasteiger partial charge in [0.1, 0.15) is 17.0 Å². The van der Waals surface area contributed by atoms with Crippen LogP contribution in [0, 0.1) is 62.1 Å². The summed E-state index contributed by atoms with van der Waals surface area (Å²) in [6, 6.07) is 95.3. The van der Waals surface area contributed by atoms with Crippen molar-refractivity contribution in [1.82, 2.24) is 63.6 Å². The van der Waals surface area contributed by atoms with E-state index in [1.807, 2.05) is 126 Å². The molecule has 124 heavy (non-hydrogen) atoms. The van der Waals surface area contributed by atoms with E-state index in [-0.39, 0.29) is 69.6 Å². The van der Waals surface area contributed by atoms with Gasteiger partial charge < -0.3 is 51.1 Å². The number of pyridine rings is 5. The molecule has 10 aromatic heterocycles. The van der Waals surface area contributed by atoms with Crippen molar-refractivity contribution in [2.75, 3.05) is 0 Å². The third kappa shape index (κ3) is 20.4. The number of aromatic nitrogens is 13. The summed E-state index contributed by atoms with van der Waals surface area (Å²) >= 11 is -0.665. The Kier molecular flexibility index (Phi) is 28.1. The molecule has 0 spiro atoms. The molecule has 0 aliphatic carbocycles. The van der Waals surface area contributed by atoms with Crippen LogP contribution in [-0.4, -0.2) is 74.4 Å². The number of para-hydroxylation sites is 4. The van der Waals surface area contributed by atoms with Crippen LogP contribution in [-0.2, 0) is 52.8 Å². The van der Waals surface area contributed by atoms with Gasteiger partial charge in [-0.2, -0.15) is 13.2 Å². The molecule has 19 aromatic rings. The number of fused-ring (bicyclic) bond motifs is 4. The van der Waals surface area contributed by atoms with Crippen molar-refractivity contribution < 1.29 is 79.5 Å². The van der Waals surface area contributed by atoms with E-state index < -0.39 is 62.1 Å². The normalized spacial score (nSPS) is 11.0. The first-order chi connectivity index (χ1) is 59.1. The predicted molar refractivity (Wildman–Crippen MR) is 460 cm³/mol. The maximum absolute atomic E-state index is 14.7. The van der Waals surface area contributed by atoms with Crippen molar-refractivity contribution in [3.8, 4) is 79.4 Å². The molecule has 0 atom stereocenters. The molecule has 618 valence electrons. The Morgan fingerprint density at radius 1 is 0.508 bits per heavy atom. The van der Waals surface area contributed by atoms with Crippen molar-refractivity contribution in [2.45, 2.75) is 59.1 Å². The second-order valence-corrected chi connectivity index (χ2v) is 29.5. The molecule has 0 bridgehead atoms. The Morgan fingerprint density at radius 3 is 1.65 bits per heavy atom. The first kappa shape index (κ1) is 88.2. The Balaban J connectivity index is 0.000000137. The first-order valence-electron chi connectivity index (χ1n) is 38.5. The fourth-order valence-electron chi connectivity index (χ4n) is 13.4. The van der Waals surface area contributed by atoms with E-state index in [1.165, 1.54) is 54.7 Å². The van der Waals surface area contributed by atoms with E-state index in [0.717, 1.165) is 75.0 Å². The topological polar surface area (TPSA) is 160 Å². The van der Waals surface area contributed by atoms with Crippen molar-refractivity contribution in [1.29, 1.82) is 0 Å². The Bertz CT molecular complexity index is 6730. The van der Waals surface area contributed by atoms with E-state index >= 15 is 0 Å². The van der Waals surface area contributed by atoms with Gasteiger partial charge in [0.05, 0.1) is 40.5 Å². The molecule has 0 aliphatic rings. The third-order valence-electron chi connectivity index (χ3n) is 19.8. The van der Waals surface area contributed by atoms with E-state index in [1.54, 1.807) is 42.6 Å². The molecular formula is C98H71AlF7IrN14O2Pt-2. The van der Waals surface area contributed by atoms with Gasteiger partial charge in [0.25, 0.3) is 0 Å². The molecule has 16 nitrogen and oxygen atoms in total. The molecule has 26 heteroatoms. The molecule has 2 radical (unpaired) electrons. The van der Waals surface area contributed by atoms with Crippen LogP contribution in [0.5, 0.6) is 11.5 Å². The molecule has 0 saturated heterocycles. The zero-order valence-corrected chi connectivity index (χ0v) is 72.9. The molecule has 0 unspecified atom stereocenters. The Labute approximate surface area is 744 Å². The second-order valence-electron chi connectivity index (χ2n) is 28.9. The number of alkyl halides is 3. The minimum Gasteiger partial charge on any atom is -0.616 e. The van der Waals surface area contributed by atoms with Gasteiger partial charge in [-0.3, -0.25) is 32.4 Å². The van der Waals surface area contributed by atoms with Crippen LogP contribution in [0.25, 0.3) is 116 Å². The van der Waals surface area contributed by atoms with Crippen LogP contribution in [0.4, 0.5) is 36.4 Å². The summed E-state index contributed by atoms with van der Waals surface area (Å²) in [5.74, 6) is -0.225. The SMILES string of the molecule is Cc1ccc2cccc([O][Al][O]c3ccc(-c4ccccc4)cc3)c2n1.Cc1ccnc(-c2[c-]cc(F)cc2F)c1.FC(F)(F)c1cc(-c2ccccn2)[n-]n1.[C-]#[N+]c1c(F)c[c-]c(-c2cccc(C(C)(C)c3cccc(-n4[c-]nc(C(C)C)n4)n3)n2)c1F.[Ir].[Pt+2].c1ccc2c(c1)ccn2-c1cc(-n2ccc3ccccc32)cc(-n2ccc3ccccc32)c1. The number of hydrogen-bond acceptors (Lipinski definition) is 10.